The van der Waals surface area contributed by atoms with Gasteiger partial charge >= 0.3 is 0 Å². The number of benzene rings is 1. The van der Waals surface area contributed by atoms with Crippen LogP contribution in [0.25, 0.3) is 0 Å². The molecule has 6 nitrogen and oxygen atoms in total. The van der Waals surface area contributed by atoms with Crippen LogP contribution in [0, 0.1) is 11.8 Å². The number of rotatable bonds is 2. The smallest absolute Gasteiger partial charge is 0.293 e. The number of hydrazine groups is 1. The van der Waals surface area contributed by atoms with E-state index in [4.69, 9.17) is 16.3 Å². The quantitative estimate of drug-likeness (QED) is 0.267. The van der Waals surface area contributed by atoms with Crippen LogP contribution in [0.5, 0.6) is 5.75 Å². The normalized spacial score (nSPS) is 8.82. The van der Waals surface area contributed by atoms with Crippen molar-refractivity contribution in [2.24, 2.45) is 11.6 Å². The molecule has 1 aromatic rings. The predicted octanol–water partition coefficient (Wildman–Crippen LogP) is -0.864. The number of nitrogens with two attached hydrogens (primary N) is 2. The zero-order chi connectivity index (χ0) is 12.8. The van der Waals surface area contributed by atoms with E-state index < -0.39 is 11.8 Å². The third-order valence-electron chi connectivity index (χ3n) is 1.92. The Bertz CT molecular complexity index is 514. The minimum atomic E-state index is -0.778. The predicted molar refractivity (Wildman–Crippen MR) is 60.7 cm³/mol. The average molecular weight is 233 g/mol. The van der Waals surface area contributed by atoms with E-state index in [9.17, 15) is 9.59 Å². The number of nitrogen functional groups attached to an aromatic ring is 1. The molecular formula is C11H11N3O3. The number of hydrogen-bond acceptors (Lipinski definition) is 4. The number of ether oxygens (including phenoxy) is 1. The maximum absolute atomic E-state index is 11.5. The van der Waals surface area contributed by atoms with Crippen molar-refractivity contribution in [2.45, 2.75) is 0 Å². The molecule has 0 aromatic heterocycles. The molecule has 0 heterocycles. The van der Waals surface area contributed by atoms with Crippen molar-refractivity contribution < 1.29 is 14.3 Å². The molecule has 0 bridgehead atoms. The van der Waals surface area contributed by atoms with Gasteiger partial charge in [0.2, 0.25) is 0 Å². The van der Waals surface area contributed by atoms with E-state index in [1.54, 1.807) is 12.1 Å². The van der Waals surface area contributed by atoms with Gasteiger partial charge < -0.3 is 10.5 Å². The minimum absolute atomic E-state index is 0.209. The topological polar surface area (TPSA) is 107 Å². The van der Waals surface area contributed by atoms with E-state index in [-0.39, 0.29) is 5.56 Å². The minimum Gasteiger partial charge on any atom is -0.497 e. The van der Waals surface area contributed by atoms with Crippen LogP contribution in [0.15, 0.2) is 18.2 Å². The van der Waals surface area contributed by atoms with Gasteiger partial charge in [0, 0.05) is 11.5 Å². The van der Waals surface area contributed by atoms with E-state index in [0.717, 1.165) is 0 Å². The number of hydrogen-bond donors (Lipinski definition) is 3. The second kappa shape index (κ2) is 5.53. The van der Waals surface area contributed by atoms with Gasteiger partial charge in [-0.15, -0.1) is 0 Å². The lowest BCUT2D eigenvalue weighted by molar-refractivity contribution is -0.112. The Morgan fingerprint density at radius 2 is 2.12 bits per heavy atom. The van der Waals surface area contributed by atoms with Crippen molar-refractivity contribution in [1.29, 1.82) is 0 Å². The van der Waals surface area contributed by atoms with Crippen molar-refractivity contribution in [3.8, 4) is 17.6 Å². The summed E-state index contributed by atoms with van der Waals surface area (Å²) in [5.41, 5.74) is 7.42. The van der Waals surface area contributed by atoms with Crippen LogP contribution in [0.2, 0.25) is 0 Å². The maximum atomic E-state index is 11.5. The van der Waals surface area contributed by atoms with Crippen molar-refractivity contribution in [2.75, 3.05) is 7.11 Å². The molecule has 6 heteroatoms. The highest BCUT2D eigenvalue weighted by Gasteiger charge is 2.10. The summed E-state index contributed by atoms with van der Waals surface area (Å²) >= 11 is 0. The van der Waals surface area contributed by atoms with E-state index in [0.29, 0.717) is 11.3 Å². The van der Waals surface area contributed by atoms with Crippen LogP contribution in [0.3, 0.4) is 0 Å². The Morgan fingerprint density at radius 1 is 1.41 bits per heavy atom. The lowest BCUT2D eigenvalue weighted by atomic mass is 10.1. The summed E-state index contributed by atoms with van der Waals surface area (Å²) in [6.07, 6.45) is 0. The third kappa shape index (κ3) is 3.22. The van der Waals surface area contributed by atoms with E-state index >= 15 is 0 Å². The Balaban J connectivity index is 3.26. The van der Waals surface area contributed by atoms with Gasteiger partial charge in [0.25, 0.3) is 11.8 Å². The fourth-order valence-corrected chi connectivity index (χ4v) is 1.15. The van der Waals surface area contributed by atoms with Crippen molar-refractivity contribution in [3.63, 3.8) is 0 Å². The van der Waals surface area contributed by atoms with E-state index in [2.05, 4.69) is 11.8 Å². The fourth-order valence-electron chi connectivity index (χ4n) is 1.15. The first-order valence-corrected chi connectivity index (χ1v) is 4.59. The molecule has 17 heavy (non-hydrogen) atoms. The number of primary amides is 1. The standard InChI is InChI=1S/C11H11N3O3/c1-17-8-4-2-7(3-5-10(12)15)9(6-8)11(16)14-13/h2,4,6H,13H2,1H3,(H2,12,15)(H,14,16). The summed E-state index contributed by atoms with van der Waals surface area (Å²) in [5.74, 6) is 8.84. The molecule has 1 rings (SSSR count). The van der Waals surface area contributed by atoms with E-state index in [1.807, 2.05) is 5.43 Å². The summed E-state index contributed by atoms with van der Waals surface area (Å²) < 4.78 is 4.97. The van der Waals surface area contributed by atoms with Gasteiger partial charge in [0.15, 0.2) is 0 Å². The van der Waals surface area contributed by atoms with Crippen LogP contribution in [-0.4, -0.2) is 18.9 Å². The number of nitrogens with one attached hydrogen (secondary N) is 1. The zero-order valence-corrected chi connectivity index (χ0v) is 9.11. The Hall–Kier alpha value is -2.52. The molecule has 0 saturated heterocycles. The Labute approximate surface area is 97.9 Å². The molecule has 0 fully saturated rings. The van der Waals surface area contributed by atoms with Crippen molar-refractivity contribution in [3.05, 3.63) is 29.3 Å². The summed E-state index contributed by atoms with van der Waals surface area (Å²) in [6, 6.07) is 4.62. The number of methoxy groups -OCH3 is 1. The van der Waals surface area contributed by atoms with Gasteiger partial charge in [0.1, 0.15) is 5.75 Å². The summed E-state index contributed by atoms with van der Waals surface area (Å²) in [6.45, 7) is 0. The highest BCUT2D eigenvalue weighted by atomic mass is 16.5. The SMILES string of the molecule is COc1ccc(C#CC(N)=O)c(C(=O)NN)c1. The second-order valence-electron chi connectivity index (χ2n) is 3.00. The lowest BCUT2D eigenvalue weighted by Crippen LogP contribution is -2.30. The molecule has 0 saturated carbocycles. The first kappa shape index (κ1) is 12.5. The maximum Gasteiger partial charge on any atom is 0.293 e. The zero-order valence-electron chi connectivity index (χ0n) is 9.11. The van der Waals surface area contributed by atoms with Gasteiger partial charge in [-0.1, -0.05) is 5.92 Å². The van der Waals surface area contributed by atoms with Crippen LogP contribution in [0.1, 0.15) is 15.9 Å². The van der Waals surface area contributed by atoms with Gasteiger partial charge in [-0.2, -0.15) is 0 Å². The molecule has 0 atom stereocenters. The van der Waals surface area contributed by atoms with Crippen LogP contribution < -0.4 is 21.7 Å². The first-order chi connectivity index (χ1) is 8.08. The monoisotopic (exact) mass is 233 g/mol. The Morgan fingerprint density at radius 3 is 2.65 bits per heavy atom. The molecule has 2 amide bonds. The molecule has 0 aliphatic carbocycles. The molecule has 5 N–H and O–H groups in total. The molecule has 1 aromatic carbocycles. The Kier molecular flexibility index (Phi) is 4.08. The van der Waals surface area contributed by atoms with Gasteiger partial charge in [0.05, 0.1) is 12.7 Å². The fraction of sp³-hybridized carbons (Fsp3) is 0.0909. The molecule has 0 aliphatic heterocycles. The third-order valence-corrected chi connectivity index (χ3v) is 1.92. The summed E-state index contributed by atoms with van der Waals surface area (Å²) in [5, 5.41) is 0. The summed E-state index contributed by atoms with van der Waals surface area (Å²) in [7, 11) is 1.47. The number of carbonyl (C=O) groups is 2. The van der Waals surface area contributed by atoms with Crippen LogP contribution in [0.4, 0.5) is 0 Å². The molecular weight excluding hydrogens is 222 g/mol. The molecule has 0 unspecified atom stereocenters. The average Bonchev–Trinajstić information content (AvgIpc) is 2.35. The van der Waals surface area contributed by atoms with Crippen molar-refractivity contribution in [1.82, 2.24) is 5.43 Å². The molecule has 0 spiro atoms. The van der Waals surface area contributed by atoms with E-state index in [1.165, 1.54) is 13.2 Å². The van der Waals surface area contributed by atoms with Gasteiger partial charge in [-0.3, -0.25) is 15.0 Å². The first-order valence-electron chi connectivity index (χ1n) is 4.59. The largest absolute Gasteiger partial charge is 0.497 e. The highest BCUT2D eigenvalue weighted by molar-refractivity contribution is 5.98. The van der Waals surface area contributed by atoms with Crippen LogP contribution >= 0.6 is 0 Å². The number of carbonyl (C=O) groups excluding carboxylic acids is 2. The summed E-state index contributed by atoms with van der Waals surface area (Å²) in [4.78, 5) is 22.0. The van der Waals surface area contributed by atoms with Crippen LogP contribution in [-0.2, 0) is 4.79 Å². The van der Waals surface area contributed by atoms with Gasteiger partial charge in [-0.25, -0.2) is 5.84 Å². The molecule has 88 valence electrons. The highest BCUT2D eigenvalue weighted by Crippen LogP contribution is 2.16. The number of amides is 2. The van der Waals surface area contributed by atoms with Gasteiger partial charge in [-0.05, 0) is 18.2 Å². The second-order valence-corrected chi connectivity index (χ2v) is 3.00. The molecule has 0 aliphatic rings. The van der Waals surface area contributed by atoms with Crippen molar-refractivity contribution >= 4 is 11.8 Å². The molecule has 0 radical (unpaired) electrons. The lowest BCUT2D eigenvalue weighted by Gasteiger charge is -2.05.